The molecule has 1 fully saturated rings. The minimum absolute atomic E-state index is 0.171. The van der Waals surface area contributed by atoms with Gasteiger partial charge < -0.3 is 15.2 Å². The topological polar surface area (TPSA) is 58.6 Å². The van der Waals surface area contributed by atoms with Crippen LogP contribution in [0.5, 0.6) is 5.75 Å². The van der Waals surface area contributed by atoms with Gasteiger partial charge in [0.1, 0.15) is 10.6 Å². The van der Waals surface area contributed by atoms with Crippen molar-refractivity contribution in [1.29, 1.82) is 0 Å². The highest BCUT2D eigenvalue weighted by Crippen LogP contribution is 2.39. The summed E-state index contributed by atoms with van der Waals surface area (Å²) in [6, 6.07) is 1.78. The molecule has 5 heteroatoms. The average Bonchev–Trinajstić information content (AvgIpc) is 2.89. The van der Waals surface area contributed by atoms with Gasteiger partial charge >= 0.3 is 0 Å². The molecule has 0 bridgehead atoms. The van der Waals surface area contributed by atoms with E-state index in [1.807, 2.05) is 5.38 Å². The first-order valence-corrected chi connectivity index (χ1v) is 7.85. The van der Waals surface area contributed by atoms with Gasteiger partial charge in [0.2, 0.25) is 0 Å². The number of amides is 1. The third-order valence-electron chi connectivity index (χ3n) is 4.17. The Bertz CT molecular complexity index is 471. The molecule has 1 heterocycles. The van der Waals surface area contributed by atoms with Crippen molar-refractivity contribution >= 4 is 17.2 Å². The fourth-order valence-electron chi connectivity index (χ4n) is 2.52. The van der Waals surface area contributed by atoms with Gasteiger partial charge in [-0.05, 0) is 42.5 Å². The normalized spacial score (nSPS) is 20.4. The van der Waals surface area contributed by atoms with E-state index < -0.39 is 5.60 Å². The summed E-state index contributed by atoms with van der Waals surface area (Å²) < 4.78 is 5.14. The number of aliphatic hydroxyl groups is 1. The van der Waals surface area contributed by atoms with Crippen molar-refractivity contribution in [3.05, 3.63) is 16.3 Å². The van der Waals surface area contributed by atoms with Gasteiger partial charge in [-0.2, -0.15) is 0 Å². The van der Waals surface area contributed by atoms with E-state index in [4.69, 9.17) is 4.74 Å². The number of ether oxygens (including phenoxy) is 1. The Labute approximate surface area is 124 Å². The molecule has 112 valence electrons. The summed E-state index contributed by atoms with van der Waals surface area (Å²) in [6.45, 7) is 4.76. The molecule has 1 aliphatic carbocycles. The number of carbonyl (C=O) groups is 1. The van der Waals surface area contributed by atoms with Crippen LogP contribution >= 0.6 is 11.3 Å². The van der Waals surface area contributed by atoms with Crippen molar-refractivity contribution in [1.82, 2.24) is 5.32 Å². The van der Waals surface area contributed by atoms with Crippen molar-refractivity contribution in [2.75, 3.05) is 13.7 Å². The molecule has 0 aliphatic heterocycles. The Morgan fingerprint density at radius 3 is 2.65 bits per heavy atom. The third kappa shape index (κ3) is 3.52. The van der Waals surface area contributed by atoms with E-state index in [2.05, 4.69) is 19.2 Å². The number of nitrogens with one attached hydrogen (secondary N) is 1. The van der Waals surface area contributed by atoms with Gasteiger partial charge in [0, 0.05) is 6.54 Å². The molecule has 1 amide bonds. The maximum absolute atomic E-state index is 12.1. The molecule has 20 heavy (non-hydrogen) atoms. The van der Waals surface area contributed by atoms with Crippen molar-refractivity contribution in [3.63, 3.8) is 0 Å². The van der Waals surface area contributed by atoms with Crippen molar-refractivity contribution < 1.29 is 14.6 Å². The highest BCUT2D eigenvalue weighted by Gasteiger charge is 2.36. The zero-order valence-electron chi connectivity index (χ0n) is 12.4. The van der Waals surface area contributed by atoms with Crippen LogP contribution in [0.25, 0.3) is 0 Å². The van der Waals surface area contributed by atoms with Gasteiger partial charge in [0.25, 0.3) is 5.91 Å². The highest BCUT2D eigenvalue weighted by atomic mass is 32.1. The van der Waals surface area contributed by atoms with Crippen LogP contribution in [0.3, 0.4) is 0 Å². The number of rotatable bonds is 4. The molecular weight excluding hydrogens is 274 g/mol. The smallest absolute Gasteiger partial charge is 0.265 e. The van der Waals surface area contributed by atoms with Crippen LogP contribution in [0.1, 0.15) is 49.2 Å². The lowest BCUT2D eigenvalue weighted by Crippen LogP contribution is -2.46. The Kier molecular flexibility index (Phi) is 4.39. The first-order chi connectivity index (χ1) is 9.35. The summed E-state index contributed by atoms with van der Waals surface area (Å²) in [5.41, 5.74) is -0.469. The Hall–Kier alpha value is -1.07. The van der Waals surface area contributed by atoms with Gasteiger partial charge in [-0.25, -0.2) is 0 Å². The van der Waals surface area contributed by atoms with Gasteiger partial charge in [-0.15, -0.1) is 11.3 Å². The van der Waals surface area contributed by atoms with Gasteiger partial charge in [0.05, 0.1) is 12.7 Å². The number of methoxy groups -OCH3 is 1. The monoisotopic (exact) mass is 297 g/mol. The molecule has 0 unspecified atom stereocenters. The van der Waals surface area contributed by atoms with Crippen LogP contribution in [-0.2, 0) is 0 Å². The lowest BCUT2D eigenvalue weighted by atomic mass is 9.71. The summed E-state index contributed by atoms with van der Waals surface area (Å²) in [7, 11) is 1.55. The molecule has 0 spiro atoms. The lowest BCUT2D eigenvalue weighted by Gasteiger charge is -2.40. The number of hydrogen-bond acceptors (Lipinski definition) is 4. The number of thiophene rings is 1. The van der Waals surface area contributed by atoms with Crippen LogP contribution in [-0.4, -0.2) is 30.3 Å². The van der Waals surface area contributed by atoms with Gasteiger partial charge in [-0.3, -0.25) is 4.79 Å². The SMILES string of the molecule is COc1ccsc1C(=O)NCC1(O)CCC(C)(C)CC1. The first-order valence-electron chi connectivity index (χ1n) is 6.97. The Balaban J connectivity index is 1.91. The van der Waals surface area contributed by atoms with E-state index in [0.29, 0.717) is 22.6 Å². The van der Waals surface area contributed by atoms with Gasteiger partial charge in [0.15, 0.2) is 0 Å². The fourth-order valence-corrected chi connectivity index (χ4v) is 3.29. The molecular formula is C15H23NO3S. The zero-order chi connectivity index (χ0) is 14.8. The minimum Gasteiger partial charge on any atom is -0.495 e. The van der Waals surface area contributed by atoms with Crippen LogP contribution in [0, 0.1) is 5.41 Å². The maximum atomic E-state index is 12.1. The standard InChI is InChI=1S/C15H23NO3S/c1-14(2)5-7-15(18,8-6-14)10-16-13(17)12-11(19-3)4-9-20-12/h4,9,18H,5-8,10H2,1-3H3,(H,16,17). The largest absolute Gasteiger partial charge is 0.495 e. The molecule has 0 radical (unpaired) electrons. The molecule has 1 aromatic heterocycles. The van der Waals surface area contributed by atoms with Crippen molar-refractivity contribution in [3.8, 4) is 5.75 Å². The molecule has 1 aromatic rings. The zero-order valence-corrected chi connectivity index (χ0v) is 13.2. The minimum atomic E-state index is -0.768. The molecule has 1 saturated carbocycles. The van der Waals surface area contributed by atoms with Crippen LogP contribution in [0.15, 0.2) is 11.4 Å². The molecule has 4 nitrogen and oxygen atoms in total. The molecule has 2 rings (SSSR count). The highest BCUT2D eigenvalue weighted by molar-refractivity contribution is 7.12. The van der Waals surface area contributed by atoms with E-state index in [0.717, 1.165) is 25.7 Å². The Morgan fingerprint density at radius 1 is 1.40 bits per heavy atom. The van der Waals surface area contributed by atoms with Crippen molar-refractivity contribution in [2.24, 2.45) is 5.41 Å². The number of hydrogen-bond donors (Lipinski definition) is 2. The molecule has 1 aliphatic rings. The van der Waals surface area contributed by atoms with Crippen molar-refractivity contribution in [2.45, 2.75) is 45.1 Å². The average molecular weight is 297 g/mol. The predicted molar refractivity (Wildman–Crippen MR) is 80.4 cm³/mol. The quantitative estimate of drug-likeness (QED) is 0.898. The summed E-state index contributed by atoms with van der Waals surface area (Å²) in [6.07, 6.45) is 3.45. The van der Waals surface area contributed by atoms with E-state index in [9.17, 15) is 9.90 Å². The number of carbonyl (C=O) groups excluding carboxylic acids is 1. The summed E-state index contributed by atoms with van der Waals surface area (Å²) in [5, 5.41) is 15.2. The Morgan fingerprint density at radius 2 is 2.05 bits per heavy atom. The second kappa shape index (κ2) is 5.74. The van der Waals surface area contributed by atoms with Crippen LogP contribution in [0.4, 0.5) is 0 Å². The van der Waals surface area contributed by atoms with E-state index >= 15 is 0 Å². The predicted octanol–water partition coefficient (Wildman–Crippen LogP) is 2.82. The first kappa shape index (κ1) is 15.3. The molecule has 0 atom stereocenters. The van der Waals surface area contributed by atoms with E-state index in [1.54, 1.807) is 13.2 Å². The van der Waals surface area contributed by atoms with Crippen LogP contribution in [0.2, 0.25) is 0 Å². The maximum Gasteiger partial charge on any atom is 0.265 e. The molecule has 0 aromatic carbocycles. The summed E-state index contributed by atoms with van der Waals surface area (Å²) in [5.74, 6) is 0.416. The lowest BCUT2D eigenvalue weighted by molar-refractivity contribution is -0.0233. The van der Waals surface area contributed by atoms with Gasteiger partial charge in [-0.1, -0.05) is 13.8 Å². The third-order valence-corrected chi connectivity index (χ3v) is 5.06. The second-order valence-corrected chi connectivity index (χ2v) is 7.31. The van der Waals surface area contributed by atoms with Crippen LogP contribution < -0.4 is 10.1 Å². The summed E-state index contributed by atoms with van der Waals surface area (Å²) >= 11 is 1.35. The fraction of sp³-hybridized carbons (Fsp3) is 0.667. The van der Waals surface area contributed by atoms with E-state index in [1.165, 1.54) is 11.3 Å². The molecule has 0 saturated heterocycles. The molecule has 2 N–H and O–H groups in total. The summed E-state index contributed by atoms with van der Waals surface area (Å²) in [4.78, 5) is 12.7. The second-order valence-electron chi connectivity index (χ2n) is 6.39. The van der Waals surface area contributed by atoms with E-state index in [-0.39, 0.29) is 5.91 Å².